The maximum Gasteiger partial charge on any atom is 0.0868 e. The van der Waals surface area contributed by atoms with Crippen molar-refractivity contribution in [2.75, 3.05) is 13.1 Å². The molecule has 2 atom stereocenters. The number of likely N-dealkylation sites (tertiary alicyclic amines) is 1. The minimum atomic E-state index is 0.474. The largest absolute Gasteiger partial charge is 0.287 e. The van der Waals surface area contributed by atoms with Crippen molar-refractivity contribution in [3.05, 3.63) is 0 Å². The van der Waals surface area contributed by atoms with Crippen molar-refractivity contribution >= 4 is 0 Å². The maximum atomic E-state index is 8.77. The summed E-state index contributed by atoms with van der Waals surface area (Å²) in [6, 6.07) is 2.96. The van der Waals surface area contributed by atoms with Crippen LogP contribution >= 0.6 is 0 Å². The Hall–Kier alpha value is -0.550. The highest BCUT2D eigenvalue weighted by molar-refractivity contribution is 5.03. The van der Waals surface area contributed by atoms with Gasteiger partial charge in [-0.2, -0.15) is 5.26 Å². The quantitative estimate of drug-likeness (QED) is 0.596. The number of hydrogen-bond acceptors (Lipinski definition) is 2. The highest BCUT2D eigenvalue weighted by Gasteiger charge is 2.49. The number of nitriles is 1. The molecule has 1 saturated heterocycles. The van der Waals surface area contributed by atoms with E-state index < -0.39 is 0 Å². The zero-order valence-corrected chi connectivity index (χ0v) is 9.51. The van der Waals surface area contributed by atoms with Gasteiger partial charge in [-0.15, -0.1) is 0 Å². The van der Waals surface area contributed by atoms with Crippen LogP contribution in [-0.2, 0) is 0 Å². The lowest BCUT2D eigenvalue weighted by Gasteiger charge is -2.39. The molecule has 78 valence electrons. The zero-order chi connectivity index (χ0) is 10.4. The van der Waals surface area contributed by atoms with Crippen LogP contribution < -0.4 is 0 Å². The molecule has 0 radical (unpaired) electrons. The van der Waals surface area contributed by atoms with E-state index in [9.17, 15) is 0 Å². The average Bonchev–Trinajstić information content (AvgIpc) is 2.20. The van der Waals surface area contributed by atoms with Crippen LogP contribution in [0.5, 0.6) is 0 Å². The first-order valence-electron chi connectivity index (χ1n) is 5.55. The molecule has 2 nitrogen and oxygen atoms in total. The van der Waals surface area contributed by atoms with Crippen molar-refractivity contribution in [3.8, 4) is 6.07 Å². The summed E-state index contributed by atoms with van der Waals surface area (Å²) in [7, 11) is 0. The van der Waals surface area contributed by atoms with Crippen molar-refractivity contribution in [3.63, 3.8) is 0 Å². The number of hydrogen-bond donors (Lipinski definition) is 0. The fraction of sp³-hybridized carbons (Fsp3) is 0.917. The van der Waals surface area contributed by atoms with E-state index in [0.29, 0.717) is 23.4 Å². The Morgan fingerprint density at radius 3 is 2.71 bits per heavy atom. The van der Waals surface area contributed by atoms with Crippen molar-refractivity contribution in [1.29, 1.82) is 5.26 Å². The van der Waals surface area contributed by atoms with Crippen LogP contribution in [0.4, 0.5) is 0 Å². The Kier molecular flexibility index (Phi) is 2.12. The summed E-state index contributed by atoms with van der Waals surface area (Å²) in [6.45, 7) is 8.88. The molecule has 0 spiro atoms. The highest BCUT2D eigenvalue weighted by atomic mass is 15.2. The second-order valence-corrected chi connectivity index (χ2v) is 6.28. The molecule has 14 heavy (non-hydrogen) atoms. The van der Waals surface area contributed by atoms with Gasteiger partial charge in [0.1, 0.15) is 0 Å². The lowest BCUT2D eigenvalue weighted by molar-refractivity contribution is 0.129. The van der Waals surface area contributed by atoms with Gasteiger partial charge in [0.2, 0.25) is 0 Å². The van der Waals surface area contributed by atoms with Crippen LogP contribution in [0.25, 0.3) is 0 Å². The van der Waals surface area contributed by atoms with Crippen LogP contribution in [0.15, 0.2) is 0 Å². The Balaban J connectivity index is 2.16. The summed E-state index contributed by atoms with van der Waals surface area (Å²) in [5.74, 6) is 0. The van der Waals surface area contributed by atoms with Gasteiger partial charge in [0, 0.05) is 12.6 Å². The van der Waals surface area contributed by atoms with E-state index in [1.165, 1.54) is 19.3 Å². The molecule has 1 aliphatic carbocycles. The van der Waals surface area contributed by atoms with Gasteiger partial charge in [0.15, 0.2) is 0 Å². The molecule has 0 amide bonds. The first kappa shape index (κ1) is 9.98. The van der Waals surface area contributed by atoms with Gasteiger partial charge in [0.25, 0.3) is 0 Å². The Morgan fingerprint density at radius 2 is 2.07 bits per heavy atom. The topological polar surface area (TPSA) is 27.0 Å². The predicted molar refractivity (Wildman–Crippen MR) is 56.7 cm³/mol. The molecule has 2 heteroatoms. The van der Waals surface area contributed by atoms with Crippen molar-refractivity contribution in [2.24, 2.45) is 10.8 Å². The van der Waals surface area contributed by atoms with Crippen LogP contribution in [0.3, 0.4) is 0 Å². The van der Waals surface area contributed by atoms with Crippen molar-refractivity contribution < 1.29 is 0 Å². The normalized spacial score (nSPS) is 40.9. The molecule has 2 rings (SSSR count). The fourth-order valence-corrected chi connectivity index (χ4v) is 3.85. The van der Waals surface area contributed by atoms with Gasteiger partial charge in [-0.25, -0.2) is 0 Å². The van der Waals surface area contributed by atoms with Gasteiger partial charge in [-0.3, -0.25) is 4.90 Å². The number of nitrogens with zero attached hydrogens (tertiary/aromatic N) is 2. The monoisotopic (exact) mass is 192 g/mol. The maximum absolute atomic E-state index is 8.77. The van der Waals surface area contributed by atoms with Gasteiger partial charge >= 0.3 is 0 Å². The molecule has 1 saturated carbocycles. The molecule has 0 unspecified atom stereocenters. The summed E-state index contributed by atoms with van der Waals surface area (Å²) in [5, 5.41) is 8.77. The molecular weight excluding hydrogens is 172 g/mol. The average molecular weight is 192 g/mol. The number of rotatable bonds is 1. The minimum absolute atomic E-state index is 0.474. The molecule has 2 fully saturated rings. The molecular formula is C12H20N2. The molecule has 0 aromatic carbocycles. The molecule has 0 aromatic rings. The summed E-state index contributed by atoms with van der Waals surface area (Å²) in [6.07, 6.45) is 3.89. The second kappa shape index (κ2) is 2.97. The summed E-state index contributed by atoms with van der Waals surface area (Å²) >= 11 is 0. The van der Waals surface area contributed by atoms with Crippen molar-refractivity contribution in [2.45, 2.75) is 46.1 Å². The van der Waals surface area contributed by atoms with Crippen molar-refractivity contribution in [1.82, 2.24) is 4.90 Å². The molecule has 0 N–H and O–H groups in total. The van der Waals surface area contributed by atoms with Crippen LogP contribution in [-0.4, -0.2) is 24.0 Å². The third-order valence-electron chi connectivity index (χ3n) is 3.80. The first-order chi connectivity index (χ1) is 6.44. The van der Waals surface area contributed by atoms with Crippen LogP contribution in [0.2, 0.25) is 0 Å². The van der Waals surface area contributed by atoms with E-state index in [2.05, 4.69) is 31.7 Å². The zero-order valence-electron chi connectivity index (χ0n) is 9.51. The predicted octanol–water partition coefficient (Wildman–Crippen LogP) is 2.41. The third-order valence-corrected chi connectivity index (χ3v) is 3.80. The van der Waals surface area contributed by atoms with E-state index in [-0.39, 0.29) is 0 Å². The fourth-order valence-electron chi connectivity index (χ4n) is 3.85. The SMILES string of the molecule is CC1(C)C[C@H]2C[C@](C)(CN2CC#N)C1. The standard InChI is InChI=1S/C12H20N2/c1-11(2)6-10-7-12(3,8-11)9-14(10)5-4-13/h10H,5-9H2,1-3H3/t10-,12-/m0/s1. The van der Waals surface area contributed by atoms with Gasteiger partial charge in [-0.05, 0) is 30.1 Å². The summed E-state index contributed by atoms with van der Waals surface area (Å²) in [4.78, 5) is 2.38. The molecule has 2 aliphatic rings. The molecule has 1 heterocycles. The lowest BCUT2D eigenvalue weighted by atomic mass is 9.65. The molecule has 1 aliphatic heterocycles. The Morgan fingerprint density at radius 1 is 1.36 bits per heavy atom. The van der Waals surface area contributed by atoms with E-state index >= 15 is 0 Å². The smallest absolute Gasteiger partial charge is 0.0868 e. The van der Waals surface area contributed by atoms with Crippen LogP contribution in [0.1, 0.15) is 40.0 Å². The van der Waals surface area contributed by atoms with Gasteiger partial charge < -0.3 is 0 Å². The Labute approximate surface area is 86.9 Å². The van der Waals surface area contributed by atoms with Gasteiger partial charge in [-0.1, -0.05) is 20.8 Å². The van der Waals surface area contributed by atoms with Crippen LogP contribution in [0, 0.1) is 22.2 Å². The summed E-state index contributed by atoms with van der Waals surface area (Å²) in [5.41, 5.74) is 0.950. The Bertz CT molecular complexity index is 277. The minimum Gasteiger partial charge on any atom is -0.287 e. The third kappa shape index (κ3) is 1.66. The number of fused-ring (bicyclic) bond motifs is 2. The molecule has 2 bridgehead atoms. The van der Waals surface area contributed by atoms with E-state index in [4.69, 9.17) is 5.26 Å². The lowest BCUT2D eigenvalue weighted by Crippen LogP contribution is -2.34. The first-order valence-corrected chi connectivity index (χ1v) is 5.55. The van der Waals surface area contributed by atoms with E-state index in [1.54, 1.807) is 0 Å². The molecule has 0 aromatic heterocycles. The second-order valence-electron chi connectivity index (χ2n) is 6.28. The van der Waals surface area contributed by atoms with E-state index in [0.717, 1.165) is 6.54 Å². The summed E-state index contributed by atoms with van der Waals surface area (Å²) < 4.78 is 0. The highest BCUT2D eigenvalue weighted by Crippen LogP contribution is 2.52. The van der Waals surface area contributed by atoms with E-state index in [1.807, 2.05) is 0 Å². The van der Waals surface area contributed by atoms with Gasteiger partial charge in [0.05, 0.1) is 12.6 Å².